The Labute approximate surface area is 118 Å². The minimum atomic E-state index is -3.23. The number of hydrogen-bond acceptors (Lipinski definition) is 3. The van der Waals surface area contributed by atoms with Crippen molar-refractivity contribution in [1.29, 1.82) is 0 Å². The van der Waals surface area contributed by atoms with Crippen LogP contribution in [-0.2, 0) is 9.84 Å². The molecular weight excluding hydrogens is 277 g/mol. The summed E-state index contributed by atoms with van der Waals surface area (Å²) in [5.74, 6) is -0.339. The number of rotatable bonds is 3. The third-order valence-electron chi connectivity index (χ3n) is 3.24. The van der Waals surface area contributed by atoms with Crippen LogP contribution in [-0.4, -0.2) is 14.7 Å². The third kappa shape index (κ3) is 3.05. The van der Waals surface area contributed by atoms with Crippen LogP contribution in [0, 0.1) is 12.7 Å². The fourth-order valence-electron chi connectivity index (χ4n) is 2.05. The number of benzene rings is 2. The van der Waals surface area contributed by atoms with E-state index in [1.165, 1.54) is 24.3 Å². The van der Waals surface area contributed by atoms with Gasteiger partial charge in [0.2, 0.25) is 0 Å². The van der Waals surface area contributed by atoms with Crippen molar-refractivity contribution in [1.82, 2.24) is 0 Å². The van der Waals surface area contributed by atoms with Crippen LogP contribution < -0.4 is 5.73 Å². The number of halogens is 1. The van der Waals surface area contributed by atoms with Gasteiger partial charge in [-0.05, 0) is 47.9 Å². The van der Waals surface area contributed by atoms with Gasteiger partial charge in [-0.3, -0.25) is 0 Å². The Morgan fingerprint density at radius 1 is 1.10 bits per heavy atom. The highest BCUT2D eigenvalue weighted by Gasteiger charge is 2.14. The van der Waals surface area contributed by atoms with E-state index in [9.17, 15) is 12.8 Å². The quantitative estimate of drug-likeness (QED) is 0.946. The number of nitrogens with two attached hydrogens (primary N) is 1. The number of hydrogen-bond donors (Lipinski definition) is 1. The molecule has 106 valence electrons. The first-order valence-corrected chi connectivity index (χ1v) is 8.00. The van der Waals surface area contributed by atoms with Gasteiger partial charge in [0.05, 0.1) is 10.9 Å². The molecule has 0 aliphatic rings. The number of aryl methyl sites for hydroxylation is 1. The summed E-state index contributed by atoms with van der Waals surface area (Å²) in [4.78, 5) is 0.240. The zero-order chi connectivity index (χ0) is 14.9. The van der Waals surface area contributed by atoms with Crippen molar-refractivity contribution in [3.8, 4) is 0 Å². The molecule has 2 aromatic rings. The highest BCUT2D eigenvalue weighted by Crippen LogP contribution is 2.24. The molecule has 3 nitrogen and oxygen atoms in total. The lowest BCUT2D eigenvalue weighted by atomic mass is 9.96. The van der Waals surface area contributed by atoms with Gasteiger partial charge < -0.3 is 5.73 Å². The maximum Gasteiger partial charge on any atom is 0.175 e. The Bertz CT molecular complexity index is 724. The van der Waals surface area contributed by atoms with Gasteiger partial charge in [0.25, 0.3) is 0 Å². The molecule has 0 aliphatic heterocycles. The minimum Gasteiger partial charge on any atom is -0.320 e. The topological polar surface area (TPSA) is 60.2 Å². The van der Waals surface area contributed by atoms with E-state index in [0.29, 0.717) is 5.56 Å². The first-order valence-electron chi connectivity index (χ1n) is 6.10. The molecule has 1 unspecified atom stereocenters. The molecule has 2 N–H and O–H groups in total. The van der Waals surface area contributed by atoms with Gasteiger partial charge in [0, 0.05) is 6.26 Å². The van der Waals surface area contributed by atoms with Crippen molar-refractivity contribution in [2.45, 2.75) is 17.9 Å². The molecule has 0 aromatic heterocycles. The van der Waals surface area contributed by atoms with E-state index in [1.807, 2.05) is 6.92 Å². The predicted molar refractivity (Wildman–Crippen MR) is 76.7 cm³/mol. The van der Waals surface area contributed by atoms with Gasteiger partial charge in [0.15, 0.2) is 9.84 Å². The lowest BCUT2D eigenvalue weighted by molar-refractivity contribution is 0.602. The summed E-state index contributed by atoms with van der Waals surface area (Å²) >= 11 is 0. The van der Waals surface area contributed by atoms with E-state index in [0.717, 1.165) is 17.4 Å². The zero-order valence-electron chi connectivity index (χ0n) is 11.3. The molecule has 2 rings (SSSR count). The van der Waals surface area contributed by atoms with E-state index >= 15 is 0 Å². The summed E-state index contributed by atoms with van der Waals surface area (Å²) in [6.07, 6.45) is 1.15. The van der Waals surface area contributed by atoms with Crippen LogP contribution in [0.4, 0.5) is 4.39 Å². The van der Waals surface area contributed by atoms with Gasteiger partial charge in [-0.1, -0.05) is 18.2 Å². The van der Waals surface area contributed by atoms with Gasteiger partial charge in [-0.15, -0.1) is 0 Å². The van der Waals surface area contributed by atoms with Gasteiger partial charge in [-0.2, -0.15) is 0 Å². The van der Waals surface area contributed by atoms with E-state index < -0.39 is 15.9 Å². The van der Waals surface area contributed by atoms with Crippen LogP contribution in [0.15, 0.2) is 47.4 Å². The summed E-state index contributed by atoms with van der Waals surface area (Å²) in [6.45, 7) is 1.86. The van der Waals surface area contributed by atoms with E-state index in [1.54, 1.807) is 18.2 Å². The first kappa shape index (κ1) is 14.7. The van der Waals surface area contributed by atoms with E-state index in [2.05, 4.69) is 0 Å². The van der Waals surface area contributed by atoms with Gasteiger partial charge in [0.1, 0.15) is 5.82 Å². The molecule has 0 aliphatic carbocycles. The van der Waals surface area contributed by atoms with E-state index in [-0.39, 0.29) is 10.7 Å². The average molecular weight is 293 g/mol. The van der Waals surface area contributed by atoms with Crippen molar-refractivity contribution in [3.63, 3.8) is 0 Å². The van der Waals surface area contributed by atoms with Crippen LogP contribution in [0.25, 0.3) is 0 Å². The van der Waals surface area contributed by atoms with Crippen molar-refractivity contribution >= 4 is 9.84 Å². The fraction of sp³-hybridized carbons (Fsp3) is 0.200. The van der Waals surface area contributed by atoms with Crippen LogP contribution in [0.2, 0.25) is 0 Å². The lowest BCUT2D eigenvalue weighted by Crippen LogP contribution is -2.13. The maximum absolute atomic E-state index is 13.3. The summed E-state index contributed by atoms with van der Waals surface area (Å²) in [5, 5.41) is 0. The van der Waals surface area contributed by atoms with Crippen LogP contribution in [0.3, 0.4) is 0 Å². The Morgan fingerprint density at radius 3 is 2.25 bits per heavy atom. The molecule has 0 spiro atoms. The molecule has 1 atom stereocenters. The Morgan fingerprint density at radius 2 is 1.70 bits per heavy atom. The molecule has 2 aromatic carbocycles. The van der Waals surface area contributed by atoms with E-state index in [4.69, 9.17) is 5.73 Å². The first-order chi connectivity index (χ1) is 9.29. The molecule has 0 heterocycles. The van der Waals surface area contributed by atoms with Crippen LogP contribution >= 0.6 is 0 Å². The molecule has 0 saturated heterocycles. The molecule has 5 heteroatoms. The second kappa shape index (κ2) is 5.34. The fourth-order valence-corrected chi connectivity index (χ4v) is 2.68. The molecule has 0 fully saturated rings. The molecule has 20 heavy (non-hydrogen) atoms. The second-order valence-electron chi connectivity index (χ2n) is 4.82. The third-order valence-corrected chi connectivity index (χ3v) is 4.37. The molecule has 0 bridgehead atoms. The average Bonchev–Trinajstić information content (AvgIpc) is 2.40. The standard InChI is InChI=1S/C15H16FNO2S/c1-10-3-6-12(16)9-14(10)15(17)11-4-7-13(8-5-11)20(2,18)19/h3-9,15H,17H2,1-2H3. The van der Waals surface area contributed by atoms with Crippen molar-refractivity contribution < 1.29 is 12.8 Å². The van der Waals surface area contributed by atoms with Crippen molar-refractivity contribution in [3.05, 3.63) is 65.0 Å². The minimum absolute atomic E-state index is 0.240. The smallest absolute Gasteiger partial charge is 0.175 e. The predicted octanol–water partition coefficient (Wildman–Crippen LogP) is 2.59. The SMILES string of the molecule is Cc1ccc(F)cc1C(N)c1ccc(S(C)(=O)=O)cc1. The van der Waals surface area contributed by atoms with Gasteiger partial charge in [-0.25, -0.2) is 12.8 Å². The summed E-state index contributed by atoms with van der Waals surface area (Å²) < 4.78 is 36.1. The molecule has 0 radical (unpaired) electrons. The molecule has 0 amide bonds. The van der Waals surface area contributed by atoms with Crippen LogP contribution in [0.5, 0.6) is 0 Å². The highest BCUT2D eigenvalue weighted by molar-refractivity contribution is 7.90. The zero-order valence-corrected chi connectivity index (χ0v) is 12.1. The molecular formula is C15H16FNO2S. The van der Waals surface area contributed by atoms with Gasteiger partial charge >= 0.3 is 0 Å². The normalized spacial score (nSPS) is 13.2. The molecule has 0 saturated carbocycles. The van der Waals surface area contributed by atoms with Crippen molar-refractivity contribution in [2.24, 2.45) is 5.73 Å². The second-order valence-corrected chi connectivity index (χ2v) is 6.84. The maximum atomic E-state index is 13.3. The Kier molecular flexibility index (Phi) is 3.92. The van der Waals surface area contributed by atoms with Crippen LogP contribution in [0.1, 0.15) is 22.7 Å². The Hall–Kier alpha value is -1.72. The highest BCUT2D eigenvalue weighted by atomic mass is 32.2. The largest absolute Gasteiger partial charge is 0.320 e. The summed E-state index contributed by atoms with van der Waals surface area (Å²) in [7, 11) is -3.23. The summed E-state index contributed by atoms with van der Waals surface area (Å²) in [5.41, 5.74) is 8.46. The monoisotopic (exact) mass is 293 g/mol. The van der Waals surface area contributed by atoms with Crippen molar-refractivity contribution in [2.75, 3.05) is 6.26 Å². The number of sulfone groups is 1. The Balaban J connectivity index is 2.39. The summed E-state index contributed by atoms with van der Waals surface area (Å²) in [6, 6.07) is 10.3. The lowest BCUT2D eigenvalue weighted by Gasteiger charge is -2.15.